The van der Waals surface area contributed by atoms with Crippen LogP contribution < -0.4 is 10.1 Å². The molecule has 0 saturated carbocycles. The van der Waals surface area contributed by atoms with Crippen LogP contribution in [-0.2, 0) is 11.2 Å². The minimum Gasteiger partial charge on any atom is -0.497 e. The average molecular weight is 343 g/mol. The summed E-state index contributed by atoms with van der Waals surface area (Å²) in [4.78, 5) is 13.2. The van der Waals surface area contributed by atoms with Crippen molar-refractivity contribution in [2.24, 2.45) is 0 Å². The van der Waals surface area contributed by atoms with E-state index in [4.69, 9.17) is 4.74 Å². The first-order chi connectivity index (χ1) is 11.6. The SMILES string of the molecule is COc1ccc(CCC(=O)NCCSc2ccc(C)c(C)c2)cc1. The first-order valence-electron chi connectivity index (χ1n) is 8.18. The van der Waals surface area contributed by atoms with Gasteiger partial charge in [-0.3, -0.25) is 4.79 Å². The van der Waals surface area contributed by atoms with Crippen molar-refractivity contribution in [3.05, 3.63) is 59.2 Å². The maximum Gasteiger partial charge on any atom is 0.220 e. The minimum atomic E-state index is 0.103. The molecule has 1 amide bonds. The number of hydrogen-bond donors (Lipinski definition) is 1. The van der Waals surface area contributed by atoms with Crippen molar-refractivity contribution < 1.29 is 9.53 Å². The van der Waals surface area contributed by atoms with E-state index in [9.17, 15) is 4.79 Å². The fraction of sp³-hybridized carbons (Fsp3) is 0.350. The van der Waals surface area contributed by atoms with E-state index in [0.29, 0.717) is 13.0 Å². The molecule has 0 unspecified atom stereocenters. The molecule has 2 aromatic rings. The highest BCUT2D eigenvalue weighted by molar-refractivity contribution is 7.99. The van der Waals surface area contributed by atoms with Gasteiger partial charge in [-0.15, -0.1) is 11.8 Å². The van der Waals surface area contributed by atoms with Crippen LogP contribution >= 0.6 is 11.8 Å². The van der Waals surface area contributed by atoms with E-state index in [-0.39, 0.29) is 5.91 Å². The molecule has 0 aromatic heterocycles. The zero-order valence-electron chi connectivity index (χ0n) is 14.6. The van der Waals surface area contributed by atoms with E-state index in [1.165, 1.54) is 16.0 Å². The predicted molar refractivity (Wildman–Crippen MR) is 101 cm³/mol. The third-order valence-electron chi connectivity index (χ3n) is 3.97. The summed E-state index contributed by atoms with van der Waals surface area (Å²) >= 11 is 1.78. The number of methoxy groups -OCH3 is 1. The summed E-state index contributed by atoms with van der Waals surface area (Å²) in [7, 11) is 1.65. The van der Waals surface area contributed by atoms with Crippen LogP contribution in [0.5, 0.6) is 5.75 Å². The Balaban J connectivity index is 1.64. The summed E-state index contributed by atoms with van der Waals surface area (Å²) in [5.74, 6) is 1.83. The van der Waals surface area contributed by atoms with Crippen LogP contribution in [0.3, 0.4) is 0 Å². The molecule has 0 fully saturated rings. The molecule has 2 rings (SSSR count). The first kappa shape index (κ1) is 18.4. The lowest BCUT2D eigenvalue weighted by molar-refractivity contribution is -0.120. The molecule has 3 nitrogen and oxygen atoms in total. The summed E-state index contributed by atoms with van der Waals surface area (Å²) in [5, 5.41) is 2.99. The lowest BCUT2D eigenvalue weighted by Gasteiger charge is -2.07. The Morgan fingerprint density at radius 3 is 2.50 bits per heavy atom. The molecule has 0 aliphatic carbocycles. The van der Waals surface area contributed by atoms with Gasteiger partial charge in [0, 0.05) is 23.6 Å². The molecule has 0 saturated heterocycles. The minimum absolute atomic E-state index is 0.103. The van der Waals surface area contributed by atoms with Crippen molar-refractivity contribution in [3.8, 4) is 5.75 Å². The van der Waals surface area contributed by atoms with Crippen molar-refractivity contribution in [2.75, 3.05) is 19.4 Å². The van der Waals surface area contributed by atoms with Gasteiger partial charge in [0.2, 0.25) is 5.91 Å². The second kappa shape index (κ2) is 9.38. The molecule has 0 bridgehead atoms. The number of carbonyl (C=O) groups is 1. The van der Waals surface area contributed by atoms with Crippen LogP contribution in [0.15, 0.2) is 47.4 Å². The molecular formula is C20H25NO2S. The lowest BCUT2D eigenvalue weighted by Crippen LogP contribution is -2.25. The van der Waals surface area contributed by atoms with Crippen LogP contribution in [0.4, 0.5) is 0 Å². The van der Waals surface area contributed by atoms with Gasteiger partial charge >= 0.3 is 0 Å². The normalized spacial score (nSPS) is 10.5. The molecule has 2 aromatic carbocycles. The van der Waals surface area contributed by atoms with Gasteiger partial charge in [0.25, 0.3) is 0 Å². The van der Waals surface area contributed by atoms with Crippen molar-refractivity contribution in [3.63, 3.8) is 0 Å². The standard InChI is InChI=1S/C20H25NO2S/c1-15-4-10-19(14-16(15)2)24-13-12-21-20(22)11-7-17-5-8-18(23-3)9-6-17/h4-6,8-10,14H,7,11-13H2,1-3H3,(H,21,22). The molecule has 0 heterocycles. The Labute approximate surface area is 148 Å². The number of amides is 1. The topological polar surface area (TPSA) is 38.3 Å². The number of benzene rings is 2. The highest BCUT2D eigenvalue weighted by Gasteiger charge is 2.03. The number of hydrogen-bond acceptors (Lipinski definition) is 3. The quantitative estimate of drug-likeness (QED) is 0.578. The summed E-state index contributed by atoms with van der Waals surface area (Å²) in [6.07, 6.45) is 1.26. The van der Waals surface area contributed by atoms with Gasteiger partial charge in [-0.1, -0.05) is 18.2 Å². The van der Waals surface area contributed by atoms with Crippen molar-refractivity contribution in [1.29, 1.82) is 0 Å². The number of thioether (sulfide) groups is 1. The molecule has 4 heteroatoms. The van der Waals surface area contributed by atoms with E-state index >= 15 is 0 Å². The van der Waals surface area contributed by atoms with Crippen LogP contribution in [0.1, 0.15) is 23.1 Å². The van der Waals surface area contributed by atoms with Crippen molar-refractivity contribution in [1.82, 2.24) is 5.32 Å². The zero-order chi connectivity index (χ0) is 17.4. The van der Waals surface area contributed by atoms with E-state index < -0.39 is 0 Å². The smallest absolute Gasteiger partial charge is 0.220 e. The van der Waals surface area contributed by atoms with Gasteiger partial charge in [0.15, 0.2) is 0 Å². The zero-order valence-corrected chi connectivity index (χ0v) is 15.4. The molecule has 0 atom stereocenters. The van der Waals surface area contributed by atoms with Crippen LogP contribution in [0, 0.1) is 13.8 Å². The fourth-order valence-corrected chi connectivity index (χ4v) is 3.17. The van der Waals surface area contributed by atoms with Gasteiger partial charge in [0.1, 0.15) is 5.75 Å². The number of aryl methyl sites for hydroxylation is 3. The van der Waals surface area contributed by atoms with E-state index in [0.717, 1.165) is 23.5 Å². The lowest BCUT2D eigenvalue weighted by atomic mass is 10.1. The number of nitrogens with one attached hydrogen (secondary N) is 1. The third-order valence-corrected chi connectivity index (χ3v) is 4.97. The Morgan fingerprint density at radius 1 is 1.08 bits per heavy atom. The molecule has 128 valence electrons. The molecular weight excluding hydrogens is 318 g/mol. The maximum atomic E-state index is 11.9. The summed E-state index contributed by atoms with van der Waals surface area (Å²) in [6.45, 7) is 4.94. The van der Waals surface area contributed by atoms with E-state index in [2.05, 4.69) is 37.4 Å². The van der Waals surface area contributed by atoms with Crippen molar-refractivity contribution >= 4 is 17.7 Å². The van der Waals surface area contributed by atoms with Crippen LogP contribution in [-0.4, -0.2) is 25.3 Å². The number of ether oxygens (including phenoxy) is 1. The third kappa shape index (κ3) is 5.93. The summed E-state index contributed by atoms with van der Waals surface area (Å²) < 4.78 is 5.13. The van der Waals surface area contributed by atoms with E-state index in [1.54, 1.807) is 18.9 Å². The van der Waals surface area contributed by atoms with Gasteiger partial charge in [0.05, 0.1) is 7.11 Å². The average Bonchev–Trinajstić information content (AvgIpc) is 2.60. The van der Waals surface area contributed by atoms with Gasteiger partial charge in [-0.25, -0.2) is 0 Å². The Bertz CT molecular complexity index is 668. The maximum absolute atomic E-state index is 11.9. The Hall–Kier alpha value is -1.94. The summed E-state index contributed by atoms with van der Waals surface area (Å²) in [5.41, 5.74) is 3.77. The van der Waals surface area contributed by atoms with Gasteiger partial charge in [-0.2, -0.15) is 0 Å². The van der Waals surface area contributed by atoms with Gasteiger partial charge < -0.3 is 10.1 Å². The highest BCUT2D eigenvalue weighted by atomic mass is 32.2. The molecule has 24 heavy (non-hydrogen) atoms. The highest BCUT2D eigenvalue weighted by Crippen LogP contribution is 2.20. The van der Waals surface area contributed by atoms with Crippen LogP contribution in [0.2, 0.25) is 0 Å². The Kier molecular flexibility index (Phi) is 7.19. The van der Waals surface area contributed by atoms with Crippen molar-refractivity contribution in [2.45, 2.75) is 31.6 Å². The predicted octanol–water partition coefficient (Wildman–Crippen LogP) is 4.15. The molecule has 0 spiro atoms. The van der Waals surface area contributed by atoms with Gasteiger partial charge in [-0.05, 0) is 61.2 Å². The molecule has 1 N–H and O–H groups in total. The number of rotatable bonds is 8. The first-order valence-corrected chi connectivity index (χ1v) is 9.16. The molecule has 0 aliphatic heterocycles. The second-order valence-corrected chi connectivity index (χ2v) is 6.96. The van der Waals surface area contributed by atoms with E-state index in [1.807, 2.05) is 24.3 Å². The number of carbonyl (C=O) groups excluding carboxylic acids is 1. The second-order valence-electron chi connectivity index (χ2n) is 5.79. The monoisotopic (exact) mass is 343 g/mol. The van der Waals surface area contributed by atoms with Crippen LogP contribution in [0.25, 0.3) is 0 Å². The molecule has 0 radical (unpaired) electrons. The summed E-state index contributed by atoms with van der Waals surface area (Å²) in [6, 6.07) is 14.3. The molecule has 0 aliphatic rings. The largest absolute Gasteiger partial charge is 0.497 e. The fourth-order valence-electron chi connectivity index (χ4n) is 2.30. The Morgan fingerprint density at radius 2 is 1.83 bits per heavy atom.